The van der Waals surface area contributed by atoms with Crippen molar-refractivity contribution in [1.82, 2.24) is 15.2 Å². The van der Waals surface area contributed by atoms with Crippen LogP contribution < -0.4 is 9.64 Å². The fourth-order valence-corrected chi connectivity index (χ4v) is 4.70. The van der Waals surface area contributed by atoms with Crippen LogP contribution in [0.4, 0.5) is 5.69 Å². The van der Waals surface area contributed by atoms with E-state index in [1.165, 1.54) is 0 Å². The molecule has 1 atom stereocenters. The highest BCUT2D eigenvalue weighted by Crippen LogP contribution is 2.45. The van der Waals surface area contributed by atoms with E-state index in [2.05, 4.69) is 30.1 Å². The molecule has 0 N–H and O–H groups in total. The average molecular weight is 449 g/mol. The number of hydrogen-bond donors (Lipinski definition) is 0. The van der Waals surface area contributed by atoms with Gasteiger partial charge in [-0.1, -0.05) is 61.5 Å². The number of fused-ring (bicyclic) bond motifs is 3. The molecule has 0 aliphatic carbocycles. The number of thioether (sulfide) groups is 1. The van der Waals surface area contributed by atoms with Gasteiger partial charge in [0.2, 0.25) is 23.2 Å². The van der Waals surface area contributed by atoms with E-state index in [-0.39, 0.29) is 5.91 Å². The van der Waals surface area contributed by atoms with E-state index in [4.69, 9.17) is 9.72 Å². The summed E-state index contributed by atoms with van der Waals surface area (Å²) in [5, 5.41) is 9.47. The van der Waals surface area contributed by atoms with Crippen LogP contribution in [0.5, 0.6) is 5.88 Å². The Kier molecular flexibility index (Phi) is 6.20. The highest BCUT2D eigenvalue weighted by atomic mass is 32.2. The maximum atomic E-state index is 13.0. The molecule has 1 amide bonds. The van der Waals surface area contributed by atoms with Crippen molar-refractivity contribution in [3.8, 4) is 17.1 Å². The first-order valence-corrected chi connectivity index (χ1v) is 11.8. The van der Waals surface area contributed by atoms with E-state index < -0.39 is 6.23 Å². The molecule has 0 saturated carbocycles. The first-order chi connectivity index (χ1) is 15.3. The summed E-state index contributed by atoms with van der Waals surface area (Å²) in [6.07, 6.45) is -0.658. The summed E-state index contributed by atoms with van der Waals surface area (Å²) < 4.78 is 6.50. The molecular weight excluding hydrogens is 420 g/mol. The Bertz CT molecular complexity index is 1180. The minimum absolute atomic E-state index is 0.110. The van der Waals surface area contributed by atoms with Crippen LogP contribution in [-0.2, 0) is 4.79 Å². The molecule has 0 saturated heterocycles. The lowest BCUT2D eigenvalue weighted by Crippen LogP contribution is -2.37. The summed E-state index contributed by atoms with van der Waals surface area (Å²) in [4.78, 5) is 19.5. The second kappa shape index (κ2) is 8.90. The van der Waals surface area contributed by atoms with Gasteiger partial charge in [-0.3, -0.25) is 9.69 Å². The number of hydrogen-bond acceptors (Lipinski definition) is 6. The molecule has 32 heavy (non-hydrogen) atoms. The van der Waals surface area contributed by atoms with Crippen molar-refractivity contribution in [1.29, 1.82) is 0 Å². The number of amides is 1. The predicted molar refractivity (Wildman–Crippen MR) is 128 cm³/mol. The van der Waals surface area contributed by atoms with Crippen LogP contribution in [0.1, 0.15) is 49.3 Å². The van der Waals surface area contributed by atoms with Gasteiger partial charge < -0.3 is 4.74 Å². The molecule has 1 aromatic heterocycles. The van der Waals surface area contributed by atoms with Crippen molar-refractivity contribution in [3.63, 3.8) is 0 Å². The van der Waals surface area contributed by atoms with Gasteiger partial charge in [0.25, 0.3) is 0 Å². The van der Waals surface area contributed by atoms with Gasteiger partial charge in [-0.25, -0.2) is 0 Å². The fourth-order valence-electron chi connectivity index (χ4n) is 3.98. The van der Waals surface area contributed by atoms with E-state index >= 15 is 0 Å². The van der Waals surface area contributed by atoms with Crippen LogP contribution in [0, 0.1) is 26.7 Å². The van der Waals surface area contributed by atoms with Crippen molar-refractivity contribution in [2.75, 3.05) is 10.7 Å². The predicted octanol–water partition coefficient (Wildman–Crippen LogP) is 5.66. The molecule has 2 aromatic carbocycles. The van der Waals surface area contributed by atoms with Gasteiger partial charge in [0.15, 0.2) is 5.69 Å². The fraction of sp³-hybridized carbons (Fsp3) is 0.360. The maximum Gasteiger partial charge on any atom is 0.247 e. The average Bonchev–Trinajstić information content (AvgIpc) is 2.87. The summed E-state index contributed by atoms with van der Waals surface area (Å²) in [6, 6.07) is 12.1. The Hall–Kier alpha value is -2.93. The van der Waals surface area contributed by atoms with Crippen molar-refractivity contribution in [2.24, 2.45) is 5.92 Å². The van der Waals surface area contributed by atoms with Crippen LogP contribution in [-0.4, -0.2) is 26.8 Å². The lowest BCUT2D eigenvalue weighted by Gasteiger charge is -2.32. The van der Waals surface area contributed by atoms with E-state index in [1.807, 2.05) is 51.1 Å². The molecule has 0 spiro atoms. The Labute approximate surface area is 193 Å². The normalized spacial score (nSPS) is 15.1. The van der Waals surface area contributed by atoms with Gasteiger partial charge in [-0.2, -0.15) is 4.98 Å². The Morgan fingerprint density at radius 2 is 1.88 bits per heavy atom. The smallest absolute Gasteiger partial charge is 0.247 e. The third-order valence-corrected chi connectivity index (χ3v) is 6.64. The van der Waals surface area contributed by atoms with Gasteiger partial charge in [0, 0.05) is 23.8 Å². The molecule has 1 unspecified atom stereocenters. The number of carbonyl (C=O) groups excluding carboxylic acids is 1. The van der Waals surface area contributed by atoms with E-state index in [1.54, 1.807) is 23.6 Å². The Balaban J connectivity index is 1.96. The molecule has 7 heteroatoms. The summed E-state index contributed by atoms with van der Waals surface area (Å²) in [6.45, 7) is 11.9. The van der Waals surface area contributed by atoms with Crippen LogP contribution in [0.15, 0.2) is 41.6 Å². The zero-order valence-electron chi connectivity index (χ0n) is 19.3. The minimum atomic E-state index is -0.658. The molecule has 1 aliphatic rings. The number of ether oxygens (including phenoxy) is 1. The maximum absolute atomic E-state index is 13.0. The molecule has 3 aromatic rings. The standard InChI is InChI=1S/C25H28N4O2S/c1-14(2)13-32-25-26-23-21(27-28-25)20-12-15(3)11-17(5)22(20)29(18(6)30)24(31-23)19-10-8-7-9-16(19)4/h7-12,14,24H,13H2,1-6H3. The molecule has 0 radical (unpaired) electrons. The molecular formula is C25H28N4O2S. The highest BCUT2D eigenvalue weighted by molar-refractivity contribution is 7.99. The third kappa shape index (κ3) is 4.21. The van der Waals surface area contributed by atoms with Crippen molar-refractivity contribution < 1.29 is 9.53 Å². The summed E-state index contributed by atoms with van der Waals surface area (Å²) in [7, 11) is 0. The van der Waals surface area contributed by atoms with E-state index in [0.29, 0.717) is 22.6 Å². The third-order valence-electron chi connectivity index (χ3n) is 5.37. The van der Waals surface area contributed by atoms with E-state index in [0.717, 1.165) is 39.3 Å². The molecule has 4 rings (SSSR count). The second-order valence-electron chi connectivity index (χ2n) is 8.65. The van der Waals surface area contributed by atoms with E-state index in [9.17, 15) is 4.79 Å². The minimum Gasteiger partial charge on any atom is -0.447 e. The van der Waals surface area contributed by atoms with Crippen LogP contribution in [0.2, 0.25) is 0 Å². The monoisotopic (exact) mass is 448 g/mol. The number of anilines is 1. The molecule has 166 valence electrons. The first kappa shape index (κ1) is 22.3. The van der Waals surface area contributed by atoms with Gasteiger partial charge in [0.1, 0.15) is 0 Å². The van der Waals surface area contributed by atoms with Crippen LogP contribution >= 0.6 is 11.8 Å². The Morgan fingerprint density at radius 3 is 2.56 bits per heavy atom. The zero-order valence-corrected chi connectivity index (χ0v) is 20.2. The lowest BCUT2D eigenvalue weighted by atomic mass is 9.99. The van der Waals surface area contributed by atoms with Crippen LogP contribution in [0.25, 0.3) is 11.3 Å². The Morgan fingerprint density at radius 1 is 1.12 bits per heavy atom. The number of aromatic nitrogens is 3. The summed E-state index contributed by atoms with van der Waals surface area (Å²) in [5.74, 6) is 1.68. The number of rotatable bonds is 4. The van der Waals surface area contributed by atoms with Gasteiger partial charge in [-0.05, 0) is 43.9 Å². The number of nitrogens with zero attached hydrogens (tertiary/aromatic N) is 4. The summed E-state index contributed by atoms with van der Waals surface area (Å²) in [5.41, 5.74) is 6.16. The van der Waals surface area contributed by atoms with Crippen molar-refractivity contribution >= 4 is 23.4 Å². The van der Waals surface area contributed by atoms with Crippen molar-refractivity contribution in [2.45, 2.75) is 52.9 Å². The lowest BCUT2D eigenvalue weighted by molar-refractivity contribution is -0.118. The molecule has 1 aliphatic heterocycles. The largest absolute Gasteiger partial charge is 0.447 e. The highest BCUT2D eigenvalue weighted by Gasteiger charge is 2.36. The SMILES string of the molecule is CC(=O)N1c2c(C)cc(C)cc2-c2nnc(SCC(C)C)nc2OC1c1ccccc1C. The topological polar surface area (TPSA) is 68.2 Å². The zero-order chi connectivity index (χ0) is 23.0. The summed E-state index contributed by atoms with van der Waals surface area (Å²) >= 11 is 1.56. The molecule has 0 bridgehead atoms. The second-order valence-corrected chi connectivity index (χ2v) is 9.63. The van der Waals surface area contributed by atoms with Crippen LogP contribution in [0.3, 0.4) is 0 Å². The quantitative estimate of drug-likeness (QED) is 0.480. The number of carbonyl (C=O) groups is 1. The molecule has 0 fully saturated rings. The first-order valence-electron chi connectivity index (χ1n) is 10.8. The van der Waals surface area contributed by atoms with Gasteiger partial charge >= 0.3 is 0 Å². The van der Waals surface area contributed by atoms with Crippen molar-refractivity contribution in [3.05, 3.63) is 58.7 Å². The van der Waals surface area contributed by atoms with Gasteiger partial charge in [-0.15, -0.1) is 10.2 Å². The van der Waals surface area contributed by atoms with Gasteiger partial charge in [0.05, 0.1) is 5.69 Å². The molecule has 6 nitrogen and oxygen atoms in total. The molecule has 2 heterocycles. The number of benzene rings is 2. The number of aryl methyl sites for hydroxylation is 3.